The van der Waals surface area contributed by atoms with Crippen molar-refractivity contribution in [1.82, 2.24) is 14.1 Å². The van der Waals surface area contributed by atoms with Gasteiger partial charge in [-0.25, -0.2) is 22.3 Å². The number of hydrogen-bond acceptors (Lipinski definition) is 9. The fraction of sp³-hybridized carbons (Fsp3) is 0.269. The van der Waals surface area contributed by atoms with Gasteiger partial charge >= 0.3 is 5.97 Å². The van der Waals surface area contributed by atoms with Crippen molar-refractivity contribution in [3.8, 4) is 11.4 Å². The van der Waals surface area contributed by atoms with Crippen molar-refractivity contribution >= 4 is 49.1 Å². The average molecular weight is 589 g/mol. The Morgan fingerprint density at radius 2 is 1.85 bits per heavy atom. The van der Waals surface area contributed by atoms with E-state index in [1.165, 1.54) is 41.7 Å². The summed E-state index contributed by atoms with van der Waals surface area (Å²) < 4.78 is 58.1. The summed E-state index contributed by atoms with van der Waals surface area (Å²) >= 11 is 1.13. The van der Waals surface area contributed by atoms with Crippen LogP contribution in [-0.2, 0) is 24.3 Å². The maximum Gasteiger partial charge on any atom is 0.348 e. The molecule has 3 heterocycles. The number of carbonyl (C=O) groups is 2. The molecule has 210 valence electrons. The molecule has 5 rings (SSSR count). The van der Waals surface area contributed by atoms with Gasteiger partial charge < -0.3 is 19.5 Å². The van der Waals surface area contributed by atoms with Gasteiger partial charge in [0.25, 0.3) is 5.91 Å². The van der Waals surface area contributed by atoms with E-state index in [1.807, 2.05) is 0 Å². The molecule has 0 saturated carbocycles. The van der Waals surface area contributed by atoms with Gasteiger partial charge in [-0.1, -0.05) is 0 Å². The van der Waals surface area contributed by atoms with Crippen LogP contribution in [-0.4, -0.2) is 74.4 Å². The van der Waals surface area contributed by atoms with Crippen molar-refractivity contribution in [2.75, 3.05) is 45.3 Å². The van der Waals surface area contributed by atoms with E-state index in [-0.39, 0.29) is 40.1 Å². The Kier molecular flexibility index (Phi) is 7.85. The molecule has 0 radical (unpaired) electrons. The molecule has 0 aliphatic carbocycles. The van der Waals surface area contributed by atoms with Gasteiger partial charge in [0.05, 0.1) is 42.3 Å². The number of thiophene rings is 1. The molecule has 0 spiro atoms. The van der Waals surface area contributed by atoms with Gasteiger partial charge in [0, 0.05) is 18.5 Å². The number of amides is 1. The summed E-state index contributed by atoms with van der Waals surface area (Å²) in [4.78, 5) is 26.3. The highest BCUT2D eigenvalue weighted by Gasteiger charge is 2.27. The summed E-state index contributed by atoms with van der Waals surface area (Å²) in [5.41, 5.74) is 1.42. The van der Waals surface area contributed by atoms with E-state index in [0.29, 0.717) is 29.4 Å². The third-order valence-corrected chi connectivity index (χ3v) is 9.19. The number of methoxy groups -OCH3 is 1. The van der Waals surface area contributed by atoms with Crippen molar-refractivity contribution in [2.24, 2.45) is 0 Å². The van der Waals surface area contributed by atoms with Crippen LogP contribution in [0.15, 0.2) is 53.4 Å². The predicted octanol–water partition coefficient (Wildman–Crippen LogP) is 3.36. The lowest BCUT2D eigenvalue weighted by Gasteiger charge is -2.26. The normalized spacial score (nSPS) is 14.3. The summed E-state index contributed by atoms with van der Waals surface area (Å²) in [6.07, 6.45) is 0. The van der Waals surface area contributed by atoms with Gasteiger partial charge in [-0.3, -0.25) is 4.79 Å². The summed E-state index contributed by atoms with van der Waals surface area (Å²) in [6.45, 7) is 2.23. The molecule has 1 amide bonds. The lowest BCUT2D eigenvalue weighted by molar-refractivity contribution is -0.119. The second-order valence-corrected chi connectivity index (χ2v) is 11.8. The second kappa shape index (κ2) is 11.3. The van der Waals surface area contributed by atoms with E-state index in [0.717, 1.165) is 16.7 Å². The molecule has 4 aromatic rings. The number of esters is 1. The topological polar surface area (TPSA) is 129 Å². The Hall–Kier alpha value is -3.85. The van der Waals surface area contributed by atoms with E-state index in [1.54, 1.807) is 29.8 Å². The fourth-order valence-electron chi connectivity index (χ4n) is 4.17. The first-order chi connectivity index (χ1) is 19.2. The number of ether oxygens (including phenoxy) is 3. The summed E-state index contributed by atoms with van der Waals surface area (Å²) in [6, 6.07) is 11.6. The first-order valence-corrected chi connectivity index (χ1v) is 14.4. The Bertz CT molecular complexity index is 1680. The molecule has 1 fully saturated rings. The molecule has 1 aliphatic heterocycles. The fourth-order valence-corrected chi connectivity index (χ4v) is 6.69. The molecule has 11 nitrogen and oxygen atoms in total. The Morgan fingerprint density at radius 1 is 1.12 bits per heavy atom. The third-order valence-electron chi connectivity index (χ3n) is 6.20. The van der Waals surface area contributed by atoms with Gasteiger partial charge in [-0.15, -0.1) is 11.3 Å². The standard InChI is InChI=1S/C26H25FN4O7S2/c1-16-20-14-23(39-25(20)31(29-16)18-5-3-17(27)4-6-18)26(33)38-15-24(32)28-21-13-19(7-8-22(21)36-2)40(34,35)30-9-11-37-12-10-30/h3-8,13-14H,9-12,15H2,1-2H3,(H,28,32). The Balaban J connectivity index is 1.28. The second-order valence-electron chi connectivity index (χ2n) is 8.81. The number of nitrogens with one attached hydrogen (secondary N) is 1. The molecular formula is C26H25FN4O7S2. The van der Waals surface area contributed by atoms with Crippen LogP contribution in [0.2, 0.25) is 0 Å². The lowest BCUT2D eigenvalue weighted by atomic mass is 10.3. The van der Waals surface area contributed by atoms with Crippen LogP contribution in [0.25, 0.3) is 15.9 Å². The van der Waals surface area contributed by atoms with Crippen LogP contribution in [0.3, 0.4) is 0 Å². The molecule has 1 aliphatic rings. The highest BCUT2D eigenvalue weighted by molar-refractivity contribution is 7.89. The molecule has 1 saturated heterocycles. The summed E-state index contributed by atoms with van der Waals surface area (Å²) in [5, 5.41) is 7.76. The first kappa shape index (κ1) is 27.7. The van der Waals surface area contributed by atoms with Crippen LogP contribution >= 0.6 is 11.3 Å². The molecule has 40 heavy (non-hydrogen) atoms. The van der Waals surface area contributed by atoms with Crippen LogP contribution in [0, 0.1) is 12.7 Å². The molecule has 0 atom stereocenters. The number of fused-ring (bicyclic) bond motifs is 1. The number of aryl methyl sites for hydroxylation is 1. The quantitative estimate of drug-likeness (QED) is 0.310. The van der Waals surface area contributed by atoms with E-state index in [2.05, 4.69) is 10.4 Å². The number of morpholine rings is 1. The number of aromatic nitrogens is 2. The zero-order chi connectivity index (χ0) is 28.4. The monoisotopic (exact) mass is 588 g/mol. The lowest BCUT2D eigenvalue weighted by Crippen LogP contribution is -2.40. The van der Waals surface area contributed by atoms with Crippen molar-refractivity contribution in [1.29, 1.82) is 0 Å². The summed E-state index contributed by atoms with van der Waals surface area (Å²) in [5.74, 6) is -1.52. The number of sulfonamides is 1. The molecule has 14 heteroatoms. The Labute approximate surface area is 233 Å². The molecule has 2 aromatic carbocycles. The molecule has 2 aromatic heterocycles. The zero-order valence-corrected chi connectivity index (χ0v) is 23.2. The average Bonchev–Trinajstić information content (AvgIpc) is 3.53. The van der Waals surface area contributed by atoms with Gasteiger partial charge in [0.2, 0.25) is 10.0 Å². The number of anilines is 1. The smallest absolute Gasteiger partial charge is 0.348 e. The largest absolute Gasteiger partial charge is 0.495 e. The third kappa shape index (κ3) is 5.56. The van der Waals surface area contributed by atoms with Crippen molar-refractivity contribution in [3.63, 3.8) is 0 Å². The zero-order valence-electron chi connectivity index (χ0n) is 21.5. The van der Waals surface area contributed by atoms with Gasteiger partial charge in [-0.2, -0.15) is 9.40 Å². The maximum atomic E-state index is 13.4. The number of hydrogen-bond donors (Lipinski definition) is 1. The van der Waals surface area contributed by atoms with Crippen LogP contribution in [0.5, 0.6) is 5.75 Å². The molecule has 1 N–H and O–H groups in total. The minimum atomic E-state index is -3.81. The van der Waals surface area contributed by atoms with Gasteiger partial charge in [0.1, 0.15) is 21.3 Å². The maximum absolute atomic E-state index is 13.4. The van der Waals surface area contributed by atoms with E-state index in [9.17, 15) is 22.4 Å². The minimum absolute atomic E-state index is 0.0154. The SMILES string of the molecule is COc1ccc(S(=O)(=O)N2CCOCC2)cc1NC(=O)COC(=O)c1cc2c(C)nn(-c3ccc(F)cc3)c2s1. The van der Waals surface area contributed by atoms with Crippen LogP contribution in [0.4, 0.5) is 10.1 Å². The molecular weight excluding hydrogens is 563 g/mol. The number of rotatable bonds is 8. The van der Waals surface area contributed by atoms with Crippen molar-refractivity contribution < 1.29 is 36.6 Å². The highest BCUT2D eigenvalue weighted by Crippen LogP contribution is 2.32. The van der Waals surface area contributed by atoms with Gasteiger partial charge in [-0.05, 0) is 55.5 Å². The molecule has 0 unspecified atom stereocenters. The summed E-state index contributed by atoms with van der Waals surface area (Å²) in [7, 11) is -2.42. The van der Waals surface area contributed by atoms with Crippen LogP contribution in [0.1, 0.15) is 15.4 Å². The predicted molar refractivity (Wildman–Crippen MR) is 145 cm³/mol. The van der Waals surface area contributed by atoms with Crippen LogP contribution < -0.4 is 10.1 Å². The van der Waals surface area contributed by atoms with E-state index >= 15 is 0 Å². The van der Waals surface area contributed by atoms with E-state index in [4.69, 9.17) is 14.2 Å². The van der Waals surface area contributed by atoms with Gasteiger partial charge in [0.15, 0.2) is 6.61 Å². The number of carbonyl (C=O) groups excluding carboxylic acids is 2. The molecule has 0 bridgehead atoms. The first-order valence-electron chi connectivity index (χ1n) is 12.2. The number of benzene rings is 2. The van der Waals surface area contributed by atoms with Crippen molar-refractivity contribution in [3.05, 3.63) is 64.9 Å². The minimum Gasteiger partial charge on any atom is -0.495 e. The van der Waals surface area contributed by atoms with E-state index < -0.39 is 28.5 Å². The highest BCUT2D eigenvalue weighted by atomic mass is 32.2. The Morgan fingerprint density at radius 3 is 2.55 bits per heavy atom. The number of nitrogens with zero attached hydrogens (tertiary/aromatic N) is 3. The number of halogens is 1. The van der Waals surface area contributed by atoms with Crippen molar-refractivity contribution in [2.45, 2.75) is 11.8 Å².